The van der Waals surface area contributed by atoms with Crippen LogP contribution in [0.15, 0.2) is 54.6 Å². The van der Waals surface area contributed by atoms with Crippen LogP contribution in [0.3, 0.4) is 0 Å². The van der Waals surface area contributed by atoms with Gasteiger partial charge in [-0.25, -0.2) is 4.68 Å². The lowest BCUT2D eigenvalue weighted by molar-refractivity contribution is -0.118. The van der Waals surface area contributed by atoms with E-state index in [1.54, 1.807) is 22.9 Å². The molecule has 0 saturated carbocycles. The smallest absolute Gasteiger partial charge is 0.276 e. The molecule has 0 bridgehead atoms. The van der Waals surface area contributed by atoms with Gasteiger partial charge in [-0.3, -0.25) is 9.59 Å². The van der Waals surface area contributed by atoms with Crippen LogP contribution >= 0.6 is 11.6 Å². The van der Waals surface area contributed by atoms with Crippen molar-refractivity contribution in [3.63, 3.8) is 0 Å². The highest BCUT2D eigenvalue weighted by molar-refractivity contribution is 6.30. The zero-order valence-corrected chi connectivity index (χ0v) is 21.7. The number of rotatable bonds is 8. The third kappa shape index (κ3) is 6.12. The van der Waals surface area contributed by atoms with Crippen molar-refractivity contribution in [3.05, 3.63) is 65.3 Å². The summed E-state index contributed by atoms with van der Waals surface area (Å²) in [6, 6.07) is 16.9. The standard InChI is InChI=1S/C27H31ClN6O3/c1-31-10-12-32(13-11-31)9-4-14-37-23-8-2-5-20(15-23)25-17-24(27(36)33-18-26(35)29-19-33)30-34(25)22-7-3-6-21(28)16-22/h2-3,5-8,15-17H,4,9-14,18-19H2,1H3,(H,29,35). The number of benzene rings is 2. The fraction of sp³-hybridized carbons (Fsp3) is 0.370. The first kappa shape index (κ1) is 25.3. The van der Waals surface area contributed by atoms with Gasteiger partial charge in [0.15, 0.2) is 5.69 Å². The van der Waals surface area contributed by atoms with Gasteiger partial charge < -0.3 is 24.8 Å². The van der Waals surface area contributed by atoms with Crippen molar-refractivity contribution in [1.82, 2.24) is 29.8 Å². The van der Waals surface area contributed by atoms with E-state index in [-0.39, 0.29) is 30.7 Å². The number of amides is 2. The van der Waals surface area contributed by atoms with Gasteiger partial charge in [-0.1, -0.05) is 29.8 Å². The average molecular weight is 523 g/mol. The van der Waals surface area contributed by atoms with E-state index < -0.39 is 0 Å². The first-order chi connectivity index (χ1) is 18.0. The highest BCUT2D eigenvalue weighted by atomic mass is 35.5. The molecule has 0 spiro atoms. The van der Waals surface area contributed by atoms with E-state index in [1.165, 1.54) is 4.90 Å². The molecule has 0 aliphatic carbocycles. The third-order valence-electron chi connectivity index (χ3n) is 6.68. The molecule has 2 aliphatic rings. The third-order valence-corrected chi connectivity index (χ3v) is 6.92. The molecular formula is C27H31ClN6O3. The molecule has 1 N–H and O–H groups in total. The second-order valence-corrected chi connectivity index (χ2v) is 9.88. The number of halogens is 1. The Labute approximate surface area is 221 Å². The maximum absolute atomic E-state index is 13.1. The van der Waals surface area contributed by atoms with Crippen molar-refractivity contribution in [3.8, 4) is 22.7 Å². The molecule has 37 heavy (non-hydrogen) atoms. The molecule has 2 amide bonds. The molecule has 0 unspecified atom stereocenters. The maximum atomic E-state index is 13.1. The van der Waals surface area contributed by atoms with Crippen LogP contribution in [0, 0.1) is 0 Å². The number of carbonyl (C=O) groups excluding carboxylic acids is 2. The molecule has 2 aromatic carbocycles. The van der Waals surface area contributed by atoms with E-state index >= 15 is 0 Å². The van der Waals surface area contributed by atoms with Gasteiger partial charge in [-0.15, -0.1) is 0 Å². The molecule has 3 heterocycles. The molecule has 194 valence electrons. The highest BCUT2D eigenvalue weighted by Gasteiger charge is 2.27. The topological polar surface area (TPSA) is 82.9 Å². The zero-order valence-electron chi connectivity index (χ0n) is 20.9. The Morgan fingerprint density at radius 1 is 1.08 bits per heavy atom. The van der Waals surface area contributed by atoms with Crippen LogP contribution in [-0.4, -0.2) is 95.9 Å². The lowest BCUT2D eigenvalue weighted by Crippen LogP contribution is -2.44. The Hall–Kier alpha value is -3.40. The second-order valence-electron chi connectivity index (χ2n) is 9.44. The minimum Gasteiger partial charge on any atom is -0.494 e. The van der Waals surface area contributed by atoms with E-state index in [9.17, 15) is 9.59 Å². The largest absolute Gasteiger partial charge is 0.494 e. The van der Waals surface area contributed by atoms with Gasteiger partial charge in [0.1, 0.15) is 12.3 Å². The van der Waals surface area contributed by atoms with E-state index in [0.29, 0.717) is 11.6 Å². The maximum Gasteiger partial charge on any atom is 0.276 e. The second kappa shape index (κ2) is 11.3. The van der Waals surface area contributed by atoms with Crippen molar-refractivity contribution in [2.24, 2.45) is 0 Å². The van der Waals surface area contributed by atoms with Crippen LogP contribution in [0.1, 0.15) is 16.9 Å². The summed E-state index contributed by atoms with van der Waals surface area (Å²) in [5.41, 5.74) is 2.58. The van der Waals surface area contributed by atoms with Crippen molar-refractivity contribution in [1.29, 1.82) is 0 Å². The van der Waals surface area contributed by atoms with Gasteiger partial charge in [0.05, 0.1) is 24.7 Å². The first-order valence-corrected chi connectivity index (χ1v) is 12.9. The number of carbonyl (C=O) groups is 2. The van der Waals surface area contributed by atoms with Gasteiger partial charge in [0.2, 0.25) is 5.91 Å². The Balaban J connectivity index is 1.34. The predicted molar refractivity (Wildman–Crippen MR) is 142 cm³/mol. The van der Waals surface area contributed by atoms with Crippen LogP contribution < -0.4 is 10.1 Å². The number of hydrogen-bond donors (Lipinski definition) is 1. The fourth-order valence-corrected chi connectivity index (χ4v) is 4.75. The zero-order chi connectivity index (χ0) is 25.8. The molecule has 2 aliphatic heterocycles. The van der Waals surface area contributed by atoms with Crippen LogP contribution in [0.2, 0.25) is 5.02 Å². The SMILES string of the molecule is CN1CCN(CCCOc2cccc(-c3cc(C(=O)N4CNC(=O)C4)nn3-c3cccc(Cl)c3)c2)CC1. The Bertz CT molecular complexity index is 1270. The van der Waals surface area contributed by atoms with Gasteiger partial charge in [-0.05, 0) is 49.9 Å². The van der Waals surface area contributed by atoms with Crippen molar-refractivity contribution >= 4 is 23.4 Å². The molecule has 10 heteroatoms. The molecular weight excluding hydrogens is 492 g/mol. The minimum atomic E-state index is -0.309. The molecule has 0 atom stereocenters. The fourth-order valence-electron chi connectivity index (χ4n) is 4.57. The summed E-state index contributed by atoms with van der Waals surface area (Å²) in [4.78, 5) is 31.0. The Morgan fingerprint density at radius 2 is 1.89 bits per heavy atom. The predicted octanol–water partition coefficient (Wildman–Crippen LogP) is 2.74. The number of hydrogen-bond acceptors (Lipinski definition) is 6. The summed E-state index contributed by atoms with van der Waals surface area (Å²) in [6.45, 7) is 6.27. The van der Waals surface area contributed by atoms with E-state index in [1.807, 2.05) is 36.4 Å². The van der Waals surface area contributed by atoms with Gasteiger partial charge in [-0.2, -0.15) is 5.10 Å². The Morgan fingerprint density at radius 3 is 2.65 bits per heavy atom. The summed E-state index contributed by atoms with van der Waals surface area (Å²) in [6.07, 6.45) is 0.954. The molecule has 1 aromatic heterocycles. The van der Waals surface area contributed by atoms with Crippen molar-refractivity contribution in [2.75, 3.05) is 59.6 Å². The number of ether oxygens (including phenoxy) is 1. The number of nitrogens with zero attached hydrogens (tertiary/aromatic N) is 5. The molecule has 9 nitrogen and oxygen atoms in total. The van der Waals surface area contributed by atoms with E-state index in [2.05, 4.69) is 27.3 Å². The number of aromatic nitrogens is 2. The molecule has 0 radical (unpaired) electrons. The average Bonchev–Trinajstić information content (AvgIpc) is 3.54. The number of nitrogens with one attached hydrogen (secondary N) is 1. The Kier molecular flexibility index (Phi) is 7.73. The van der Waals surface area contributed by atoms with Crippen LogP contribution in [0.25, 0.3) is 16.9 Å². The van der Waals surface area contributed by atoms with Crippen molar-refractivity contribution in [2.45, 2.75) is 6.42 Å². The van der Waals surface area contributed by atoms with Gasteiger partial charge in [0.25, 0.3) is 5.91 Å². The molecule has 2 saturated heterocycles. The van der Waals surface area contributed by atoms with Crippen LogP contribution in [0.4, 0.5) is 0 Å². The molecule has 5 rings (SSSR count). The normalized spacial score (nSPS) is 16.7. The van der Waals surface area contributed by atoms with E-state index in [4.69, 9.17) is 16.3 Å². The first-order valence-electron chi connectivity index (χ1n) is 12.5. The number of piperazine rings is 1. The van der Waals surface area contributed by atoms with Crippen LogP contribution in [-0.2, 0) is 4.79 Å². The van der Waals surface area contributed by atoms with Gasteiger partial charge in [0, 0.05) is 43.3 Å². The summed E-state index contributed by atoms with van der Waals surface area (Å²) in [5, 5.41) is 7.84. The van der Waals surface area contributed by atoms with Gasteiger partial charge >= 0.3 is 0 Å². The van der Waals surface area contributed by atoms with Crippen molar-refractivity contribution < 1.29 is 14.3 Å². The summed E-state index contributed by atoms with van der Waals surface area (Å²) in [7, 11) is 2.16. The summed E-state index contributed by atoms with van der Waals surface area (Å²) >= 11 is 6.25. The summed E-state index contributed by atoms with van der Waals surface area (Å²) in [5.74, 6) is 0.272. The number of likely N-dealkylation sites (N-methyl/N-ethyl adjacent to an activating group) is 1. The quantitative estimate of drug-likeness (QED) is 0.458. The lowest BCUT2D eigenvalue weighted by Gasteiger charge is -2.32. The van der Waals surface area contributed by atoms with Crippen LogP contribution in [0.5, 0.6) is 5.75 Å². The molecule has 2 fully saturated rings. The highest BCUT2D eigenvalue weighted by Crippen LogP contribution is 2.29. The monoisotopic (exact) mass is 522 g/mol. The molecule has 3 aromatic rings. The minimum absolute atomic E-state index is 0.0235. The summed E-state index contributed by atoms with van der Waals surface area (Å²) < 4.78 is 7.79. The van der Waals surface area contributed by atoms with E-state index in [0.717, 1.165) is 61.8 Å². The lowest BCUT2D eigenvalue weighted by atomic mass is 10.1.